The van der Waals surface area contributed by atoms with Gasteiger partial charge < -0.3 is 16.0 Å². The summed E-state index contributed by atoms with van der Waals surface area (Å²) in [5, 5.41) is 2.56. The molecule has 1 atom stereocenters. The van der Waals surface area contributed by atoms with E-state index in [0.717, 1.165) is 12.1 Å². The van der Waals surface area contributed by atoms with Crippen LogP contribution in [0.2, 0.25) is 0 Å². The fraction of sp³-hybridized carbons (Fsp3) is 0.462. The van der Waals surface area contributed by atoms with Crippen LogP contribution in [0.1, 0.15) is 20.8 Å². The van der Waals surface area contributed by atoms with Gasteiger partial charge in [-0.1, -0.05) is 0 Å². The number of nitrogens with one attached hydrogen (secondary N) is 1. The molecule has 0 radical (unpaired) electrons. The van der Waals surface area contributed by atoms with Crippen LogP contribution >= 0.6 is 0 Å². The van der Waals surface area contributed by atoms with Crippen LogP contribution in [-0.4, -0.2) is 29.9 Å². The van der Waals surface area contributed by atoms with Gasteiger partial charge in [-0.25, -0.2) is 8.78 Å². The molecule has 0 saturated heterocycles. The van der Waals surface area contributed by atoms with Crippen LogP contribution < -0.4 is 11.1 Å². The van der Waals surface area contributed by atoms with Gasteiger partial charge in [0.1, 0.15) is 11.7 Å². The summed E-state index contributed by atoms with van der Waals surface area (Å²) in [7, 11) is 0. The molecular weight excluding hydrogens is 252 g/mol. The van der Waals surface area contributed by atoms with E-state index in [4.69, 9.17) is 5.73 Å². The number of likely N-dealkylation sites (N-methyl/N-ethyl adjacent to an activating group) is 1. The number of amides is 1. The van der Waals surface area contributed by atoms with Crippen LogP contribution in [0.4, 0.5) is 20.2 Å². The zero-order chi connectivity index (χ0) is 14.6. The van der Waals surface area contributed by atoms with E-state index >= 15 is 0 Å². The first-order valence-corrected chi connectivity index (χ1v) is 6.20. The minimum Gasteiger partial charge on any atom is -0.399 e. The summed E-state index contributed by atoms with van der Waals surface area (Å²) in [6.45, 7) is 6.36. The number of carbonyl (C=O) groups excluding carboxylic acids is 1. The maximum absolute atomic E-state index is 13.6. The SMILES string of the molecule is CCN(CC)C(=O)C(C)Nc1c(F)cc(N)cc1F. The molecule has 0 fully saturated rings. The number of hydrogen-bond acceptors (Lipinski definition) is 3. The van der Waals surface area contributed by atoms with E-state index in [-0.39, 0.29) is 17.3 Å². The van der Waals surface area contributed by atoms with E-state index in [1.54, 1.807) is 11.8 Å². The van der Waals surface area contributed by atoms with Crippen LogP contribution in [0.5, 0.6) is 0 Å². The van der Waals surface area contributed by atoms with Gasteiger partial charge in [-0.15, -0.1) is 0 Å². The van der Waals surface area contributed by atoms with E-state index in [1.807, 2.05) is 13.8 Å². The van der Waals surface area contributed by atoms with Crippen molar-refractivity contribution in [3.63, 3.8) is 0 Å². The molecule has 1 unspecified atom stereocenters. The average Bonchev–Trinajstić information content (AvgIpc) is 2.34. The van der Waals surface area contributed by atoms with Gasteiger partial charge in [-0.05, 0) is 32.9 Å². The van der Waals surface area contributed by atoms with Crippen molar-refractivity contribution in [3.05, 3.63) is 23.8 Å². The van der Waals surface area contributed by atoms with E-state index in [1.165, 1.54) is 0 Å². The number of benzene rings is 1. The van der Waals surface area contributed by atoms with Crippen molar-refractivity contribution >= 4 is 17.3 Å². The maximum Gasteiger partial charge on any atom is 0.244 e. The third-order valence-electron chi connectivity index (χ3n) is 2.87. The van der Waals surface area contributed by atoms with Gasteiger partial charge in [0, 0.05) is 18.8 Å². The molecular formula is C13H19F2N3O. The van der Waals surface area contributed by atoms with Crippen molar-refractivity contribution in [1.82, 2.24) is 4.90 Å². The van der Waals surface area contributed by atoms with E-state index in [9.17, 15) is 13.6 Å². The summed E-state index contributed by atoms with van der Waals surface area (Å²) >= 11 is 0. The second-order valence-electron chi connectivity index (χ2n) is 4.24. The molecule has 0 aliphatic carbocycles. The lowest BCUT2D eigenvalue weighted by atomic mass is 10.2. The number of rotatable bonds is 5. The van der Waals surface area contributed by atoms with Gasteiger partial charge in [-0.3, -0.25) is 4.79 Å². The topological polar surface area (TPSA) is 58.4 Å². The van der Waals surface area contributed by atoms with Crippen LogP contribution in [0.25, 0.3) is 0 Å². The Labute approximate surface area is 111 Å². The van der Waals surface area contributed by atoms with Crippen LogP contribution in [0, 0.1) is 11.6 Å². The molecule has 1 aromatic rings. The highest BCUT2D eigenvalue weighted by Gasteiger charge is 2.21. The number of nitrogens with two attached hydrogens (primary N) is 1. The minimum atomic E-state index is -0.809. The predicted octanol–water partition coefficient (Wildman–Crippen LogP) is 2.22. The molecule has 106 valence electrons. The predicted molar refractivity (Wildman–Crippen MR) is 71.8 cm³/mol. The monoisotopic (exact) mass is 271 g/mol. The van der Waals surface area contributed by atoms with Crippen LogP contribution in [0.15, 0.2) is 12.1 Å². The zero-order valence-electron chi connectivity index (χ0n) is 11.3. The Morgan fingerprint density at radius 3 is 2.21 bits per heavy atom. The number of hydrogen-bond donors (Lipinski definition) is 2. The number of nitrogen functional groups attached to an aromatic ring is 1. The van der Waals surface area contributed by atoms with Gasteiger partial charge in [0.25, 0.3) is 0 Å². The van der Waals surface area contributed by atoms with Crippen LogP contribution in [0.3, 0.4) is 0 Å². The van der Waals surface area contributed by atoms with Gasteiger partial charge in [0.2, 0.25) is 5.91 Å². The second-order valence-corrected chi connectivity index (χ2v) is 4.24. The molecule has 0 aromatic heterocycles. The Bertz CT molecular complexity index is 438. The summed E-state index contributed by atoms with van der Waals surface area (Å²) in [6, 6.07) is 1.31. The summed E-state index contributed by atoms with van der Waals surface area (Å²) in [5.74, 6) is -1.82. The Hall–Kier alpha value is -1.85. The Kier molecular flexibility index (Phi) is 5.09. The normalized spacial score (nSPS) is 12.1. The summed E-state index contributed by atoms with van der Waals surface area (Å²) in [5.41, 5.74) is 5.00. The number of anilines is 2. The van der Waals surface area contributed by atoms with E-state index < -0.39 is 17.7 Å². The molecule has 0 aliphatic rings. The molecule has 1 aromatic carbocycles. The van der Waals surface area contributed by atoms with Crippen molar-refractivity contribution in [2.45, 2.75) is 26.8 Å². The zero-order valence-corrected chi connectivity index (χ0v) is 11.3. The fourth-order valence-electron chi connectivity index (χ4n) is 1.82. The molecule has 3 N–H and O–H groups in total. The van der Waals surface area contributed by atoms with Gasteiger partial charge in [-0.2, -0.15) is 0 Å². The van der Waals surface area contributed by atoms with E-state index in [0.29, 0.717) is 13.1 Å². The molecule has 0 saturated carbocycles. The molecule has 0 bridgehead atoms. The molecule has 0 aliphatic heterocycles. The smallest absolute Gasteiger partial charge is 0.244 e. The van der Waals surface area contributed by atoms with Crippen LogP contribution in [-0.2, 0) is 4.79 Å². The molecule has 1 amide bonds. The first-order valence-electron chi connectivity index (χ1n) is 6.20. The third kappa shape index (κ3) is 3.56. The number of carbonyl (C=O) groups is 1. The highest BCUT2D eigenvalue weighted by molar-refractivity contribution is 5.84. The maximum atomic E-state index is 13.6. The molecule has 0 spiro atoms. The number of nitrogens with zero attached hydrogens (tertiary/aromatic N) is 1. The fourth-order valence-corrected chi connectivity index (χ4v) is 1.82. The molecule has 1 rings (SSSR count). The lowest BCUT2D eigenvalue weighted by Gasteiger charge is -2.24. The first-order chi connectivity index (χ1) is 8.90. The highest BCUT2D eigenvalue weighted by atomic mass is 19.1. The molecule has 6 heteroatoms. The average molecular weight is 271 g/mol. The highest BCUT2D eigenvalue weighted by Crippen LogP contribution is 2.22. The summed E-state index contributed by atoms with van der Waals surface area (Å²) in [6.07, 6.45) is 0. The largest absolute Gasteiger partial charge is 0.399 e. The third-order valence-corrected chi connectivity index (χ3v) is 2.87. The molecule has 19 heavy (non-hydrogen) atoms. The van der Waals surface area contributed by atoms with Gasteiger partial charge >= 0.3 is 0 Å². The molecule has 0 heterocycles. The Morgan fingerprint density at radius 1 is 1.32 bits per heavy atom. The minimum absolute atomic E-state index is 0.00303. The lowest BCUT2D eigenvalue weighted by molar-refractivity contribution is -0.131. The summed E-state index contributed by atoms with van der Waals surface area (Å²) < 4.78 is 27.2. The Morgan fingerprint density at radius 2 is 1.79 bits per heavy atom. The van der Waals surface area contributed by atoms with Gasteiger partial charge in [0.05, 0.1) is 0 Å². The molecule has 4 nitrogen and oxygen atoms in total. The van der Waals surface area contributed by atoms with Gasteiger partial charge in [0.15, 0.2) is 11.6 Å². The van der Waals surface area contributed by atoms with Crippen molar-refractivity contribution in [2.75, 3.05) is 24.1 Å². The lowest BCUT2D eigenvalue weighted by Crippen LogP contribution is -2.41. The van der Waals surface area contributed by atoms with E-state index in [2.05, 4.69) is 5.32 Å². The second kappa shape index (κ2) is 6.36. The van der Waals surface area contributed by atoms with Crippen molar-refractivity contribution in [2.24, 2.45) is 0 Å². The van der Waals surface area contributed by atoms with Crippen molar-refractivity contribution in [3.8, 4) is 0 Å². The number of halogens is 2. The first kappa shape index (κ1) is 15.2. The van der Waals surface area contributed by atoms with Crippen molar-refractivity contribution in [1.29, 1.82) is 0 Å². The summed E-state index contributed by atoms with van der Waals surface area (Å²) in [4.78, 5) is 13.6. The quantitative estimate of drug-likeness (QED) is 0.807. The standard InChI is InChI=1S/C13H19F2N3O/c1-4-18(5-2)13(19)8(3)17-12-10(14)6-9(16)7-11(12)15/h6-8,17H,4-5,16H2,1-3H3. The Balaban J connectivity index is 2.88. The van der Waals surface area contributed by atoms with Crippen molar-refractivity contribution < 1.29 is 13.6 Å².